The molecular formula is C25H37N3O. The molecule has 0 bridgehead atoms. The van der Waals surface area contributed by atoms with Crippen molar-refractivity contribution in [2.24, 2.45) is 11.8 Å². The third kappa shape index (κ3) is 4.53. The molecule has 2 aromatic rings. The highest BCUT2D eigenvalue weighted by atomic mass is 16.1. The number of para-hydroxylation sites is 1. The summed E-state index contributed by atoms with van der Waals surface area (Å²) in [5.74, 6) is 1.81. The van der Waals surface area contributed by atoms with Crippen LogP contribution in [0.5, 0.6) is 0 Å². The van der Waals surface area contributed by atoms with Crippen LogP contribution in [-0.4, -0.2) is 34.5 Å². The van der Waals surface area contributed by atoms with E-state index in [0.717, 1.165) is 17.9 Å². The molecule has 2 fully saturated rings. The van der Waals surface area contributed by atoms with Crippen molar-refractivity contribution in [2.75, 3.05) is 13.1 Å². The molecule has 1 saturated carbocycles. The lowest BCUT2D eigenvalue weighted by molar-refractivity contribution is -0.119. The van der Waals surface area contributed by atoms with Crippen LogP contribution in [0.4, 0.5) is 0 Å². The number of likely N-dealkylation sites (tertiary alicyclic amines) is 1. The molecule has 0 unspecified atom stereocenters. The van der Waals surface area contributed by atoms with Crippen molar-refractivity contribution in [3.05, 3.63) is 36.0 Å². The molecule has 29 heavy (non-hydrogen) atoms. The smallest absolute Gasteiger partial charge is 0.217 e. The van der Waals surface area contributed by atoms with Gasteiger partial charge >= 0.3 is 0 Å². The highest BCUT2D eigenvalue weighted by Gasteiger charge is 2.31. The van der Waals surface area contributed by atoms with Crippen LogP contribution in [0.25, 0.3) is 10.9 Å². The molecular weight excluding hydrogens is 358 g/mol. The van der Waals surface area contributed by atoms with E-state index < -0.39 is 0 Å². The summed E-state index contributed by atoms with van der Waals surface area (Å²) in [6.45, 7) is 9.39. The highest BCUT2D eigenvalue weighted by molar-refractivity contribution is 5.81. The predicted molar refractivity (Wildman–Crippen MR) is 120 cm³/mol. The number of amides is 1. The maximum absolute atomic E-state index is 11.5. The lowest BCUT2D eigenvalue weighted by Gasteiger charge is -2.42. The second-order valence-electron chi connectivity index (χ2n) is 9.55. The van der Waals surface area contributed by atoms with Gasteiger partial charge < -0.3 is 14.8 Å². The summed E-state index contributed by atoms with van der Waals surface area (Å²) in [6, 6.07) is 12.2. The predicted octanol–water partition coefficient (Wildman–Crippen LogP) is 5.13. The van der Waals surface area contributed by atoms with Crippen LogP contribution in [0, 0.1) is 11.8 Å². The van der Waals surface area contributed by atoms with Crippen molar-refractivity contribution in [1.29, 1.82) is 0 Å². The first-order valence-electron chi connectivity index (χ1n) is 11.6. The van der Waals surface area contributed by atoms with E-state index in [1.54, 1.807) is 6.92 Å². The molecule has 158 valence electrons. The van der Waals surface area contributed by atoms with Gasteiger partial charge in [0.2, 0.25) is 5.91 Å². The zero-order valence-corrected chi connectivity index (χ0v) is 18.4. The molecule has 0 atom stereocenters. The summed E-state index contributed by atoms with van der Waals surface area (Å²) < 4.78 is 2.51. The highest BCUT2D eigenvalue weighted by Crippen LogP contribution is 2.36. The lowest BCUT2D eigenvalue weighted by Crippen LogP contribution is -2.44. The van der Waals surface area contributed by atoms with E-state index in [-0.39, 0.29) is 5.91 Å². The fourth-order valence-corrected chi connectivity index (χ4v) is 5.66. The van der Waals surface area contributed by atoms with Gasteiger partial charge in [-0.3, -0.25) is 4.79 Å². The van der Waals surface area contributed by atoms with Crippen LogP contribution >= 0.6 is 0 Å². The first kappa shape index (κ1) is 20.5. The number of nitrogens with zero attached hydrogens (tertiary/aromatic N) is 2. The van der Waals surface area contributed by atoms with Gasteiger partial charge in [-0.2, -0.15) is 0 Å². The van der Waals surface area contributed by atoms with Crippen LogP contribution in [0.3, 0.4) is 0 Å². The molecule has 0 spiro atoms. The number of benzene rings is 1. The van der Waals surface area contributed by atoms with Gasteiger partial charge in [-0.25, -0.2) is 0 Å². The molecule has 1 aromatic heterocycles. The monoisotopic (exact) mass is 395 g/mol. The molecule has 1 amide bonds. The summed E-state index contributed by atoms with van der Waals surface area (Å²) in [5, 5.41) is 4.29. The normalized spacial score (nSPS) is 24.3. The Hall–Kier alpha value is -1.81. The number of rotatable bonds is 5. The van der Waals surface area contributed by atoms with Crippen molar-refractivity contribution in [2.45, 2.75) is 77.9 Å². The third-order valence-corrected chi connectivity index (χ3v) is 7.41. The average molecular weight is 396 g/mol. The van der Waals surface area contributed by atoms with E-state index in [1.807, 2.05) is 0 Å². The maximum atomic E-state index is 11.5. The SMILES string of the molecule is CC(=O)NCc1cc2ccccc2n1C1CCN(C2CCC(C(C)C)CC2)CC1. The zero-order chi connectivity index (χ0) is 20.4. The minimum atomic E-state index is 0.0358. The van der Waals surface area contributed by atoms with Crippen molar-refractivity contribution >= 4 is 16.8 Å². The Morgan fingerprint density at radius 1 is 1.03 bits per heavy atom. The van der Waals surface area contributed by atoms with Crippen LogP contribution in [0.15, 0.2) is 30.3 Å². The first-order chi connectivity index (χ1) is 14.0. The Morgan fingerprint density at radius 3 is 2.38 bits per heavy atom. The number of carbonyl (C=O) groups excluding carboxylic acids is 1. The molecule has 4 nitrogen and oxygen atoms in total. The number of nitrogens with one attached hydrogen (secondary N) is 1. The maximum Gasteiger partial charge on any atom is 0.217 e. The van der Waals surface area contributed by atoms with E-state index in [4.69, 9.17) is 0 Å². The van der Waals surface area contributed by atoms with Crippen molar-refractivity contribution < 1.29 is 4.79 Å². The Morgan fingerprint density at radius 2 is 1.72 bits per heavy atom. The second-order valence-corrected chi connectivity index (χ2v) is 9.55. The van der Waals surface area contributed by atoms with Crippen molar-refractivity contribution in [3.8, 4) is 0 Å². The minimum absolute atomic E-state index is 0.0358. The van der Waals surface area contributed by atoms with Crippen molar-refractivity contribution in [1.82, 2.24) is 14.8 Å². The fraction of sp³-hybridized carbons (Fsp3) is 0.640. The number of carbonyl (C=O) groups is 1. The van der Waals surface area contributed by atoms with Gasteiger partial charge in [-0.1, -0.05) is 32.0 Å². The molecule has 4 rings (SSSR count). The standard InChI is InChI=1S/C25H37N3O/c1-18(2)20-8-10-22(11-9-20)27-14-12-23(13-15-27)28-24(17-26-19(3)29)16-21-6-4-5-7-25(21)28/h4-7,16,18,20,22-23H,8-15,17H2,1-3H3,(H,26,29). The molecule has 2 heterocycles. The lowest BCUT2D eigenvalue weighted by atomic mass is 9.79. The van der Waals surface area contributed by atoms with Crippen LogP contribution in [-0.2, 0) is 11.3 Å². The minimum Gasteiger partial charge on any atom is -0.351 e. The number of aromatic nitrogens is 1. The van der Waals surface area contributed by atoms with Gasteiger partial charge in [-0.15, -0.1) is 0 Å². The largest absolute Gasteiger partial charge is 0.351 e. The van der Waals surface area contributed by atoms with Crippen LogP contribution in [0.2, 0.25) is 0 Å². The molecule has 2 aliphatic rings. The van der Waals surface area contributed by atoms with Gasteiger partial charge in [0, 0.05) is 43.3 Å². The van der Waals surface area contributed by atoms with E-state index >= 15 is 0 Å². The van der Waals surface area contributed by atoms with Gasteiger partial charge in [0.15, 0.2) is 0 Å². The van der Waals surface area contributed by atoms with E-state index in [2.05, 4.69) is 59.0 Å². The second kappa shape index (κ2) is 8.91. The Labute approximate surface area is 175 Å². The summed E-state index contributed by atoms with van der Waals surface area (Å²) in [7, 11) is 0. The quantitative estimate of drug-likeness (QED) is 0.762. The third-order valence-electron chi connectivity index (χ3n) is 7.41. The van der Waals surface area contributed by atoms with E-state index in [1.165, 1.54) is 68.2 Å². The topological polar surface area (TPSA) is 37.3 Å². The van der Waals surface area contributed by atoms with Crippen molar-refractivity contribution in [3.63, 3.8) is 0 Å². The van der Waals surface area contributed by atoms with Gasteiger partial charge in [0.05, 0.1) is 6.54 Å². The number of fused-ring (bicyclic) bond motifs is 1. The Bertz CT molecular complexity index is 824. The molecule has 1 N–H and O–H groups in total. The van der Waals surface area contributed by atoms with Crippen LogP contribution in [0.1, 0.15) is 71.0 Å². The van der Waals surface area contributed by atoms with Gasteiger partial charge in [0.1, 0.15) is 0 Å². The first-order valence-corrected chi connectivity index (χ1v) is 11.6. The summed E-state index contributed by atoms with van der Waals surface area (Å²) in [5.41, 5.74) is 2.54. The zero-order valence-electron chi connectivity index (χ0n) is 18.4. The van der Waals surface area contributed by atoms with Crippen LogP contribution < -0.4 is 5.32 Å². The molecule has 1 aliphatic heterocycles. The average Bonchev–Trinajstić information content (AvgIpc) is 3.11. The molecule has 1 aliphatic carbocycles. The number of piperidine rings is 1. The summed E-state index contributed by atoms with van der Waals surface area (Å²) in [4.78, 5) is 14.2. The molecule has 1 saturated heterocycles. The summed E-state index contributed by atoms with van der Waals surface area (Å²) in [6.07, 6.45) is 7.99. The van der Waals surface area contributed by atoms with E-state index in [0.29, 0.717) is 12.6 Å². The Kier molecular flexibility index (Phi) is 6.29. The Balaban J connectivity index is 1.44. The van der Waals surface area contributed by atoms with E-state index in [9.17, 15) is 4.79 Å². The fourth-order valence-electron chi connectivity index (χ4n) is 5.66. The molecule has 4 heteroatoms. The van der Waals surface area contributed by atoms with Gasteiger partial charge in [-0.05, 0) is 67.9 Å². The molecule has 0 radical (unpaired) electrons. The summed E-state index contributed by atoms with van der Waals surface area (Å²) >= 11 is 0. The molecule has 1 aromatic carbocycles. The van der Waals surface area contributed by atoms with Gasteiger partial charge in [0.25, 0.3) is 0 Å². The number of hydrogen-bond acceptors (Lipinski definition) is 2. The number of hydrogen-bond donors (Lipinski definition) is 1.